The lowest BCUT2D eigenvalue weighted by Crippen LogP contribution is -2.48. The number of amides is 1. The van der Waals surface area contributed by atoms with Crippen LogP contribution >= 0.6 is 0 Å². The van der Waals surface area contributed by atoms with E-state index in [-0.39, 0.29) is 18.0 Å². The van der Waals surface area contributed by atoms with E-state index >= 15 is 0 Å². The third kappa shape index (κ3) is 2.21. The molecule has 20 heavy (non-hydrogen) atoms. The molecule has 2 aromatic carbocycles. The third-order valence-corrected chi connectivity index (χ3v) is 3.99. The normalized spacial score (nSPS) is 15.7. The molecule has 0 atom stereocenters. The monoisotopic (exact) mass is 266 g/mol. The van der Waals surface area contributed by atoms with Gasteiger partial charge in [0.05, 0.1) is 12.1 Å². The highest BCUT2D eigenvalue weighted by molar-refractivity contribution is 5.79. The molecule has 3 rings (SSSR count). The number of rotatable bonds is 3. The lowest BCUT2D eigenvalue weighted by atomic mass is 9.86. The maximum absolute atomic E-state index is 11.9. The Morgan fingerprint density at radius 3 is 2.10 bits per heavy atom. The van der Waals surface area contributed by atoms with E-state index in [1.54, 1.807) is 0 Å². The van der Waals surface area contributed by atoms with Gasteiger partial charge in [0.2, 0.25) is 5.91 Å². The first-order valence-electron chi connectivity index (χ1n) is 6.87. The smallest absolute Gasteiger partial charge is 0.234 e. The van der Waals surface area contributed by atoms with E-state index in [1.165, 1.54) is 11.1 Å². The Kier molecular flexibility index (Phi) is 3.28. The number of hydrogen-bond acceptors (Lipinski definition) is 2. The second-order valence-corrected chi connectivity index (χ2v) is 5.32. The molecule has 0 saturated heterocycles. The SMILES string of the molecule is NCC(=O)NC1(c2ccccc2)Cc2ccccc2C1. The Bertz CT molecular complexity index is 597. The predicted octanol–water partition coefficient (Wildman–Crippen LogP) is 1.76. The molecule has 102 valence electrons. The maximum atomic E-state index is 11.9. The summed E-state index contributed by atoms with van der Waals surface area (Å²) in [7, 11) is 0. The molecule has 1 aliphatic carbocycles. The first-order valence-corrected chi connectivity index (χ1v) is 6.87. The van der Waals surface area contributed by atoms with Crippen LogP contribution in [0.2, 0.25) is 0 Å². The van der Waals surface area contributed by atoms with Crippen molar-refractivity contribution in [1.29, 1.82) is 0 Å². The molecule has 0 aliphatic heterocycles. The zero-order valence-corrected chi connectivity index (χ0v) is 11.3. The van der Waals surface area contributed by atoms with E-state index in [1.807, 2.05) is 30.3 Å². The van der Waals surface area contributed by atoms with E-state index in [2.05, 4.69) is 29.6 Å². The van der Waals surface area contributed by atoms with Crippen LogP contribution in [-0.4, -0.2) is 12.5 Å². The van der Waals surface area contributed by atoms with Gasteiger partial charge in [-0.05, 0) is 16.7 Å². The van der Waals surface area contributed by atoms with Crippen LogP contribution in [0.1, 0.15) is 16.7 Å². The highest BCUT2D eigenvalue weighted by Gasteiger charge is 2.39. The van der Waals surface area contributed by atoms with Crippen LogP contribution in [0, 0.1) is 0 Å². The van der Waals surface area contributed by atoms with Crippen molar-refractivity contribution in [2.75, 3.05) is 6.54 Å². The second-order valence-electron chi connectivity index (χ2n) is 5.32. The number of carbonyl (C=O) groups excluding carboxylic acids is 1. The van der Waals surface area contributed by atoms with Gasteiger partial charge in [0.1, 0.15) is 0 Å². The van der Waals surface area contributed by atoms with Crippen LogP contribution in [0.5, 0.6) is 0 Å². The third-order valence-electron chi connectivity index (χ3n) is 3.99. The molecule has 2 aromatic rings. The fourth-order valence-corrected chi connectivity index (χ4v) is 3.05. The fourth-order valence-electron chi connectivity index (χ4n) is 3.05. The minimum absolute atomic E-state index is 0.0188. The number of nitrogens with one attached hydrogen (secondary N) is 1. The van der Waals surface area contributed by atoms with Crippen molar-refractivity contribution in [3.05, 3.63) is 71.3 Å². The average molecular weight is 266 g/mol. The molecule has 0 radical (unpaired) electrons. The lowest BCUT2D eigenvalue weighted by molar-refractivity contribution is -0.121. The van der Waals surface area contributed by atoms with Gasteiger partial charge < -0.3 is 11.1 Å². The van der Waals surface area contributed by atoms with Crippen LogP contribution < -0.4 is 11.1 Å². The molecule has 0 bridgehead atoms. The summed E-state index contributed by atoms with van der Waals surface area (Å²) >= 11 is 0. The molecule has 3 nitrogen and oxygen atoms in total. The summed E-state index contributed by atoms with van der Waals surface area (Å²) in [6.07, 6.45) is 1.64. The summed E-state index contributed by atoms with van der Waals surface area (Å²) in [6.45, 7) is 0.0188. The minimum atomic E-state index is -0.360. The zero-order valence-electron chi connectivity index (χ0n) is 11.3. The molecule has 0 fully saturated rings. The molecule has 0 saturated carbocycles. The minimum Gasteiger partial charge on any atom is -0.345 e. The summed E-state index contributed by atoms with van der Waals surface area (Å²) in [5.41, 5.74) is 8.86. The molecule has 0 unspecified atom stereocenters. The largest absolute Gasteiger partial charge is 0.345 e. The van der Waals surface area contributed by atoms with Gasteiger partial charge in [0.25, 0.3) is 0 Å². The fraction of sp³-hybridized carbons (Fsp3) is 0.235. The van der Waals surface area contributed by atoms with Gasteiger partial charge in [-0.1, -0.05) is 54.6 Å². The Labute approximate surface area is 118 Å². The number of nitrogens with two attached hydrogens (primary N) is 1. The highest BCUT2D eigenvalue weighted by atomic mass is 16.2. The van der Waals surface area contributed by atoms with E-state index in [9.17, 15) is 4.79 Å². The van der Waals surface area contributed by atoms with Gasteiger partial charge in [-0.15, -0.1) is 0 Å². The van der Waals surface area contributed by atoms with Crippen molar-refractivity contribution in [1.82, 2.24) is 5.32 Å². The van der Waals surface area contributed by atoms with E-state index < -0.39 is 0 Å². The van der Waals surface area contributed by atoms with Crippen molar-refractivity contribution in [3.63, 3.8) is 0 Å². The molecule has 0 aromatic heterocycles. The van der Waals surface area contributed by atoms with Crippen LogP contribution in [0.4, 0.5) is 0 Å². The molecular weight excluding hydrogens is 248 g/mol. The van der Waals surface area contributed by atoms with Gasteiger partial charge in [0.15, 0.2) is 0 Å². The number of fused-ring (bicyclic) bond motifs is 1. The lowest BCUT2D eigenvalue weighted by Gasteiger charge is -2.31. The van der Waals surface area contributed by atoms with Gasteiger partial charge in [-0.3, -0.25) is 4.79 Å². The van der Waals surface area contributed by atoms with E-state index in [0.29, 0.717) is 0 Å². The molecule has 3 N–H and O–H groups in total. The quantitative estimate of drug-likeness (QED) is 0.889. The summed E-state index contributed by atoms with van der Waals surface area (Å²) in [6, 6.07) is 18.5. The van der Waals surface area contributed by atoms with Gasteiger partial charge in [0, 0.05) is 12.8 Å². The first-order chi connectivity index (χ1) is 9.73. The highest BCUT2D eigenvalue weighted by Crippen LogP contribution is 2.37. The van der Waals surface area contributed by atoms with Crippen molar-refractivity contribution in [2.24, 2.45) is 5.73 Å². The van der Waals surface area contributed by atoms with Crippen molar-refractivity contribution in [2.45, 2.75) is 18.4 Å². The van der Waals surface area contributed by atoms with Gasteiger partial charge in [-0.25, -0.2) is 0 Å². The summed E-state index contributed by atoms with van der Waals surface area (Å²) in [5, 5.41) is 3.14. The van der Waals surface area contributed by atoms with Gasteiger partial charge >= 0.3 is 0 Å². The number of carbonyl (C=O) groups is 1. The molecule has 0 heterocycles. The van der Waals surface area contributed by atoms with Crippen molar-refractivity contribution in [3.8, 4) is 0 Å². The summed E-state index contributed by atoms with van der Waals surface area (Å²) in [5.74, 6) is -0.110. The Morgan fingerprint density at radius 1 is 1.00 bits per heavy atom. The van der Waals surface area contributed by atoms with Crippen molar-refractivity contribution >= 4 is 5.91 Å². The molecule has 3 heteroatoms. The molecule has 1 aliphatic rings. The van der Waals surface area contributed by atoms with Gasteiger partial charge in [-0.2, -0.15) is 0 Å². The van der Waals surface area contributed by atoms with Crippen LogP contribution in [0.25, 0.3) is 0 Å². The van der Waals surface area contributed by atoms with Crippen LogP contribution in [0.3, 0.4) is 0 Å². The standard InChI is InChI=1S/C17H18N2O/c18-12-16(20)19-17(15-8-2-1-3-9-15)10-13-6-4-5-7-14(13)11-17/h1-9H,10-12,18H2,(H,19,20). The Hall–Kier alpha value is -2.13. The molecule has 0 spiro atoms. The Balaban J connectivity index is 2.01. The van der Waals surface area contributed by atoms with Crippen LogP contribution in [-0.2, 0) is 23.2 Å². The molecule has 1 amide bonds. The van der Waals surface area contributed by atoms with E-state index in [4.69, 9.17) is 5.73 Å². The van der Waals surface area contributed by atoms with E-state index in [0.717, 1.165) is 18.4 Å². The number of hydrogen-bond donors (Lipinski definition) is 2. The molecular formula is C17H18N2O. The van der Waals surface area contributed by atoms with Crippen LogP contribution in [0.15, 0.2) is 54.6 Å². The maximum Gasteiger partial charge on any atom is 0.234 e. The second kappa shape index (κ2) is 5.10. The summed E-state index contributed by atoms with van der Waals surface area (Å²) in [4.78, 5) is 11.9. The predicted molar refractivity (Wildman–Crippen MR) is 79.2 cm³/mol. The first kappa shape index (κ1) is 12.9. The zero-order chi connectivity index (χ0) is 14.0. The summed E-state index contributed by atoms with van der Waals surface area (Å²) < 4.78 is 0. The number of benzene rings is 2. The topological polar surface area (TPSA) is 55.1 Å². The Morgan fingerprint density at radius 2 is 1.55 bits per heavy atom. The van der Waals surface area contributed by atoms with Crippen molar-refractivity contribution < 1.29 is 4.79 Å². The average Bonchev–Trinajstić information content (AvgIpc) is 2.87.